The van der Waals surface area contributed by atoms with E-state index >= 15 is 0 Å². The molecule has 0 spiro atoms. The van der Waals surface area contributed by atoms with Crippen LogP contribution in [0, 0.1) is 5.82 Å². The Balaban J connectivity index is 1.56. The van der Waals surface area contributed by atoms with Crippen LogP contribution in [0.4, 0.5) is 10.1 Å². The number of aromatic nitrogens is 2. The van der Waals surface area contributed by atoms with E-state index in [1.165, 1.54) is 18.3 Å². The van der Waals surface area contributed by atoms with E-state index in [-0.39, 0.29) is 23.1 Å². The number of rotatable bonds is 6. The van der Waals surface area contributed by atoms with Gasteiger partial charge in [-0.15, -0.1) is 0 Å². The van der Waals surface area contributed by atoms with E-state index in [9.17, 15) is 14.0 Å². The van der Waals surface area contributed by atoms with Gasteiger partial charge >= 0.3 is 5.63 Å². The number of benzene rings is 2. The van der Waals surface area contributed by atoms with Crippen LogP contribution < -0.4 is 15.7 Å². The third kappa shape index (κ3) is 4.80. The molecular formula is C23H20FN3O4. The molecule has 0 aliphatic carbocycles. The van der Waals surface area contributed by atoms with E-state index in [0.29, 0.717) is 23.4 Å². The van der Waals surface area contributed by atoms with Gasteiger partial charge in [0, 0.05) is 23.7 Å². The summed E-state index contributed by atoms with van der Waals surface area (Å²) in [6.07, 6.45) is 3.07. The van der Waals surface area contributed by atoms with Crippen LogP contribution in [-0.4, -0.2) is 21.8 Å². The summed E-state index contributed by atoms with van der Waals surface area (Å²) in [5, 5.41) is 7.41. The molecule has 1 amide bonds. The summed E-state index contributed by atoms with van der Waals surface area (Å²) >= 11 is 0. The van der Waals surface area contributed by atoms with Gasteiger partial charge in [-0.25, -0.2) is 9.18 Å². The largest absolute Gasteiger partial charge is 0.491 e. The smallest absolute Gasteiger partial charge is 0.337 e. The highest BCUT2D eigenvalue weighted by Gasteiger charge is 2.15. The Morgan fingerprint density at radius 2 is 2.06 bits per heavy atom. The second-order valence-corrected chi connectivity index (χ2v) is 7.31. The van der Waals surface area contributed by atoms with Gasteiger partial charge in [0.25, 0.3) is 5.91 Å². The van der Waals surface area contributed by atoms with Gasteiger partial charge < -0.3 is 14.5 Å². The predicted molar refractivity (Wildman–Crippen MR) is 114 cm³/mol. The quantitative estimate of drug-likeness (QED) is 0.471. The summed E-state index contributed by atoms with van der Waals surface area (Å²) in [4.78, 5) is 24.8. The lowest BCUT2D eigenvalue weighted by molar-refractivity contribution is 0.102. The first-order valence-corrected chi connectivity index (χ1v) is 9.70. The van der Waals surface area contributed by atoms with Crippen LogP contribution in [-0.2, 0) is 6.54 Å². The fourth-order valence-corrected chi connectivity index (χ4v) is 3.21. The Morgan fingerprint density at radius 1 is 1.23 bits per heavy atom. The maximum Gasteiger partial charge on any atom is 0.337 e. The lowest BCUT2D eigenvalue weighted by Gasteiger charge is -2.11. The van der Waals surface area contributed by atoms with Gasteiger partial charge in [0.2, 0.25) is 0 Å². The zero-order valence-corrected chi connectivity index (χ0v) is 17.0. The molecule has 2 heterocycles. The van der Waals surface area contributed by atoms with E-state index in [1.807, 2.05) is 13.8 Å². The van der Waals surface area contributed by atoms with Crippen LogP contribution in [0.5, 0.6) is 5.75 Å². The summed E-state index contributed by atoms with van der Waals surface area (Å²) in [7, 11) is 0. The molecule has 0 unspecified atom stereocenters. The van der Waals surface area contributed by atoms with E-state index < -0.39 is 11.5 Å². The minimum absolute atomic E-state index is 0.0421. The Labute approximate surface area is 177 Å². The average Bonchev–Trinajstić information content (AvgIpc) is 3.13. The monoisotopic (exact) mass is 421 g/mol. The molecule has 4 aromatic rings. The molecular weight excluding hydrogens is 401 g/mol. The molecule has 0 saturated heterocycles. The maximum absolute atomic E-state index is 13.4. The first-order chi connectivity index (χ1) is 14.9. The summed E-state index contributed by atoms with van der Waals surface area (Å²) in [5.74, 6) is -0.252. The van der Waals surface area contributed by atoms with Crippen molar-refractivity contribution in [1.29, 1.82) is 0 Å². The van der Waals surface area contributed by atoms with Crippen LogP contribution in [0.3, 0.4) is 0 Å². The zero-order valence-electron chi connectivity index (χ0n) is 17.0. The molecule has 0 radical (unpaired) electrons. The summed E-state index contributed by atoms with van der Waals surface area (Å²) in [6, 6.07) is 12.3. The third-order valence-corrected chi connectivity index (χ3v) is 4.46. The van der Waals surface area contributed by atoms with E-state index in [4.69, 9.17) is 9.15 Å². The number of hydrogen-bond acceptors (Lipinski definition) is 5. The van der Waals surface area contributed by atoms with E-state index in [2.05, 4.69) is 10.4 Å². The fraction of sp³-hybridized carbons (Fsp3) is 0.174. The molecule has 31 heavy (non-hydrogen) atoms. The van der Waals surface area contributed by atoms with Gasteiger partial charge in [0.1, 0.15) is 17.1 Å². The molecule has 0 bridgehead atoms. The number of carbonyl (C=O) groups is 1. The van der Waals surface area contributed by atoms with Gasteiger partial charge in [0.05, 0.1) is 30.1 Å². The molecule has 7 nitrogen and oxygen atoms in total. The number of halogens is 1. The molecule has 2 aromatic carbocycles. The Hall–Kier alpha value is -3.94. The van der Waals surface area contributed by atoms with Crippen molar-refractivity contribution in [3.63, 3.8) is 0 Å². The van der Waals surface area contributed by atoms with Crippen molar-refractivity contribution in [1.82, 2.24) is 9.78 Å². The van der Waals surface area contributed by atoms with Crippen molar-refractivity contribution >= 4 is 22.6 Å². The van der Waals surface area contributed by atoms with Crippen molar-refractivity contribution in [3.05, 3.63) is 88.3 Å². The number of anilines is 1. The van der Waals surface area contributed by atoms with Gasteiger partial charge in [-0.05, 0) is 43.7 Å². The number of nitrogens with one attached hydrogen (secondary N) is 1. The molecule has 0 saturated carbocycles. The molecule has 0 fully saturated rings. The van der Waals surface area contributed by atoms with Gasteiger partial charge in [0.15, 0.2) is 0 Å². The number of nitrogens with zero attached hydrogens (tertiary/aromatic N) is 2. The topological polar surface area (TPSA) is 86.4 Å². The minimum atomic E-state index is -0.638. The zero-order chi connectivity index (χ0) is 22.0. The third-order valence-electron chi connectivity index (χ3n) is 4.46. The van der Waals surface area contributed by atoms with Crippen molar-refractivity contribution in [2.24, 2.45) is 0 Å². The van der Waals surface area contributed by atoms with Crippen molar-refractivity contribution in [2.75, 3.05) is 5.32 Å². The molecule has 0 atom stereocenters. The molecule has 1 N–H and O–H groups in total. The average molecular weight is 421 g/mol. The molecule has 158 valence electrons. The second-order valence-electron chi connectivity index (χ2n) is 7.31. The van der Waals surface area contributed by atoms with Crippen LogP contribution in [0.1, 0.15) is 29.8 Å². The Kier molecular flexibility index (Phi) is 5.53. The first kappa shape index (κ1) is 20.3. The highest BCUT2D eigenvalue weighted by atomic mass is 19.1. The number of fused-ring (bicyclic) bond motifs is 1. The highest BCUT2D eigenvalue weighted by molar-refractivity contribution is 6.12. The van der Waals surface area contributed by atoms with E-state index in [0.717, 1.165) is 11.6 Å². The summed E-state index contributed by atoms with van der Waals surface area (Å²) < 4.78 is 25.8. The molecule has 2 aromatic heterocycles. The molecule has 8 heteroatoms. The first-order valence-electron chi connectivity index (χ1n) is 9.70. The van der Waals surface area contributed by atoms with Crippen molar-refractivity contribution in [2.45, 2.75) is 26.5 Å². The van der Waals surface area contributed by atoms with Crippen LogP contribution in [0.25, 0.3) is 11.0 Å². The number of ether oxygens (including phenoxy) is 1. The minimum Gasteiger partial charge on any atom is -0.491 e. The lowest BCUT2D eigenvalue weighted by Crippen LogP contribution is -2.15. The van der Waals surface area contributed by atoms with Crippen LogP contribution >= 0.6 is 0 Å². The predicted octanol–water partition coefficient (Wildman–Crippen LogP) is 4.22. The van der Waals surface area contributed by atoms with Crippen molar-refractivity contribution in [3.8, 4) is 5.75 Å². The summed E-state index contributed by atoms with van der Waals surface area (Å²) in [5.41, 5.74) is 0.994. The highest BCUT2D eigenvalue weighted by Crippen LogP contribution is 2.24. The number of carbonyl (C=O) groups excluding carboxylic acids is 1. The standard InChI is InChI=1S/C23H20FN3O4/c1-14(2)30-18-6-7-19-20(10-22(28)31-21(19)9-18)23(29)26-17-11-25-27(13-17)12-15-4-3-5-16(24)8-15/h3-11,13-14H,12H2,1-2H3,(H,26,29). The lowest BCUT2D eigenvalue weighted by atomic mass is 10.1. The Morgan fingerprint density at radius 3 is 2.84 bits per heavy atom. The second kappa shape index (κ2) is 8.43. The Bertz CT molecular complexity index is 1310. The van der Waals surface area contributed by atoms with Crippen LogP contribution in [0.2, 0.25) is 0 Å². The molecule has 0 aliphatic heterocycles. The SMILES string of the molecule is CC(C)Oc1ccc2c(C(=O)Nc3cnn(Cc4cccc(F)c4)c3)cc(=O)oc2c1. The maximum atomic E-state index is 13.4. The van der Waals surface area contributed by atoms with Gasteiger partial charge in [-0.3, -0.25) is 9.48 Å². The number of hydrogen-bond donors (Lipinski definition) is 1. The van der Waals surface area contributed by atoms with Gasteiger partial charge in [-0.1, -0.05) is 12.1 Å². The normalized spacial score (nSPS) is 11.1. The van der Waals surface area contributed by atoms with Gasteiger partial charge in [-0.2, -0.15) is 5.10 Å². The molecule has 4 rings (SSSR count). The van der Waals surface area contributed by atoms with Crippen molar-refractivity contribution < 1.29 is 18.3 Å². The van der Waals surface area contributed by atoms with E-state index in [1.54, 1.807) is 41.2 Å². The molecule has 0 aliphatic rings. The summed E-state index contributed by atoms with van der Waals surface area (Å²) in [6.45, 7) is 4.13. The fourth-order valence-electron chi connectivity index (χ4n) is 3.21. The number of amides is 1. The van der Waals surface area contributed by atoms with Crippen LogP contribution in [0.15, 0.2) is 70.1 Å².